The number of para-hydroxylation sites is 1. The van der Waals surface area contributed by atoms with E-state index in [0.717, 1.165) is 27.0 Å². The molecule has 0 aliphatic carbocycles. The van der Waals surface area contributed by atoms with Gasteiger partial charge in [0.05, 0.1) is 5.02 Å². The van der Waals surface area contributed by atoms with Gasteiger partial charge in [-0.05, 0) is 17.5 Å². The molecular formula is C16H15ClO. The lowest BCUT2D eigenvalue weighted by Gasteiger charge is -2.19. The van der Waals surface area contributed by atoms with E-state index < -0.39 is 0 Å². The van der Waals surface area contributed by atoms with Gasteiger partial charge in [0.15, 0.2) is 0 Å². The van der Waals surface area contributed by atoms with Crippen molar-refractivity contribution in [1.82, 2.24) is 0 Å². The molecule has 0 spiro atoms. The molecule has 2 heteroatoms. The van der Waals surface area contributed by atoms with E-state index in [1.807, 2.05) is 24.3 Å². The summed E-state index contributed by atoms with van der Waals surface area (Å²) >= 11 is 6.34. The van der Waals surface area contributed by atoms with Gasteiger partial charge in [0, 0.05) is 16.3 Å². The average Bonchev–Trinajstić information content (AvgIpc) is 2.67. The third-order valence-electron chi connectivity index (χ3n) is 3.28. The van der Waals surface area contributed by atoms with Crippen LogP contribution in [0.25, 0.3) is 21.9 Å². The third kappa shape index (κ3) is 1.62. The van der Waals surface area contributed by atoms with Gasteiger partial charge in [-0.15, -0.1) is 0 Å². The van der Waals surface area contributed by atoms with Crippen LogP contribution in [0.3, 0.4) is 0 Å². The topological polar surface area (TPSA) is 13.1 Å². The zero-order valence-electron chi connectivity index (χ0n) is 10.8. The molecule has 0 unspecified atom stereocenters. The standard InChI is InChI=1S/C16H15ClO/c1-16(2,3)11-8-9-12(17)14-10-6-4-5-7-13(10)18-15(11)14/h4-9H,1-3H3. The van der Waals surface area contributed by atoms with Crippen LogP contribution in [0.4, 0.5) is 0 Å². The second-order valence-electron chi connectivity index (χ2n) is 5.65. The first-order valence-electron chi connectivity index (χ1n) is 6.09. The molecule has 3 aromatic rings. The maximum Gasteiger partial charge on any atom is 0.140 e. The maximum atomic E-state index is 6.34. The fourth-order valence-corrected chi connectivity index (χ4v) is 2.63. The smallest absolute Gasteiger partial charge is 0.140 e. The highest BCUT2D eigenvalue weighted by atomic mass is 35.5. The Morgan fingerprint density at radius 1 is 1.00 bits per heavy atom. The molecule has 92 valence electrons. The number of benzene rings is 2. The van der Waals surface area contributed by atoms with Gasteiger partial charge in [0.1, 0.15) is 11.2 Å². The molecule has 0 amide bonds. The number of hydrogen-bond donors (Lipinski definition) is 0. The van der Waals surface area contributed by atoms with Crippen molar-refractivity contribution in [3.05, 3.63) is 47.0 Å². The maximum absolute atomic E-state index is 6.34. The molecule has 0 fully saturated rings. The quantitative estimate of drug-likeness (QED) is 0.516. The zero-order valence-corrected chi connectivity index (χ0v) is 11.5. The van der Waals surface area contributed by atoms with Crippen LogP contribution in [0.15, 0.2) is 40.8 Å². The minimum absolute atomic E-state index is 0.0384. The van der Waals surface area contributed by atoms with Crippen LogP contribution in [-0.2, 0) is 5.41 Å². The minimum Gasteiger partial charge on any atom is -0.456 e. The van der Waals surface area contributed by atoms with Gasteiger partial charge in [0.2, 0.25) is 0 Å². The van der Waals surface area contributed by atoms with Gasteiger partial charge in [-0.1, -0.05) is 56.6 Å². The number of furan rings is 1. The third-order valence-corrected chi connectivity index (χ3v) is 3.60. The van der Waals surface area contributed by atoms with Gasteiger partial charge in [-0.25, -0.2) is 0 Å². The van der Waals surface area contributed by atoms with Gasteiger partial charge >= 0.3 is 0 Å². The number of rotatable bonds is 0. The Balaban J connectivity index is 2.53. The summed E-state index contributed by atoms with van der Waals surface area (Å²) in [6.07, 6.45) is 0. The highest BCUT2D eigenvalue weighted by molar-refractivity contribution is 6.37. The van der Waals surface area contributed by atoms with E-state index in [1.54, 1.807) is 0 Å². The van der Waals surface area contributed by atoms with Crippen molar-refractivity contribution in [2.75, 3.05) is 0 Å². The molecule has 1 heterocycles. The Bertz CT molecular complexity index is 732. The summed E-state index contributed by atoms with van der Waals surface area (Å²) in [7, 11) is 0. The van der Waals surface area contributed by atoms with E-state index in [2.05, 4.69) is 32.9 Å². The molecule has 0 radical (unpaired) electrons. The first kappa shape index (κ1) is 11.6. The van der Waals surface area contributed by atoms with Crippen LogP contribution in [0.2, 0.25) is 5.02 Å². The molecule has 0 atom stereocenters. The molecule has 3 rings (SSSR count). The summed E-state index contributed by atoms with van der Waals surface area (Å²) in [6, 6.07) is 12.1. The predicted octanol–water partition coefficient (Wildman–Crippen LogP) is 5.54. The lowest BCUT2D eigenvalue weighted by atomic mass is 9.86. The molecular weight excluding hydrogens is 244 g/mol. The highest BCUT2D eigenvalue weighted by Gasteiger charge is 2.21. The normalized spacial score (nSPS) is 12.4. The molecule has 18 heavy (non-hydrogen) atoms. The summed E-state index contributed by atoms with van der Waals surface area (Å²) in [5.74, 6) is 0. The fourth-order valence-electron chi connectivity index (χ4n) is 2.38. The summed E-state index contributed by atoms with van der Waals surface area (Å²) in [6.45, 7) is 6.55. The van der Waals surface area contributed by atoms with Crippen LogP contribution >= 0.6 is 11.6 Å². The largest absolute Gasteiger partial charge is 0.456 e. The predicted molar refractivity (Wildman–Crippen MR) is 77.4 cm³/mol. The van der Waals surface area contributed by atoms with E-state index in [0.29, 0.717) is 0 Å². The van der Waals surface area contributed by atoms with Crippen LogP contribution in [0.1, 0.15) is 26.3 Å². The zero-order chi connectivity index (χ0) is 12.9. The van der Waals surface area contributed by atoms with E-state index >= 15 is 0 Å². The van der Waals surface area contributed by atoms with Crippen LogP contribution in [-0.4, -0.2) is 0 Å². The Morgan fingerprint density at radius 2 is 1.72 bits per heavy atom. The van der Waals surface area contributed by atoms with Gasteiger partial charge in [-0.2, -0.15) is 0 Å². The van der Waals surface area contributed by atoms with Crippen molar-refractivity contribution in [1.29, 1.82) is 0 Å². The summed E-state index contributed by atoms with van der Waals surface area (Å²) in [4.78, 5) is 0. The average molecular weight is 259 g/mol. The monoisotopic (exact) mass is 258 g/mol. The molecule has 1 nitrogen and oxygen atoms in total. The van der Waals surface area contributed by atoms with E-state index in [4.69, 9.17) is 16.0 Å². The highest BCUT2D eigenvalue weighted by Crippen LogP contribution is 2.39. The van der Waals surface area contributed by atoms with Crippen molar-refractivity contribution in [3.63, 3.8) is 0 Å². The summed E-state index contributed by atoms with van der Waals surface area (Å²) in [5.41, 5.74) is 3.04. The first-order valence-corrected chi connectivity index (χ1v) is 6.46. The van der Waals surface area contributed by atoms with Crippen molar-refractivity contribution >= 4 is 33.5 Å². The van der Waals surface area contributed by atoms with Crippen LogP contribution in [0.5, 0.6) is 0 Å². The van der Waals surface area contributed by atoms with Crippen LogP contribution < -0.4 is 0 Å². The molecule has 0 aliphatic heterocycles. The van der Waals surface area contributed by atoms with Crippen molar-refractivity contribution in [2.45, 2.75) is 26.2 Å². The Morgan fingerprint density at radius 3 is 2.44 bits per heavy atom. The van der Waals surface area contributed by atoms with Crippen LogP contribution in [0, 0.1) is 0 Å². The molecule has 1 aromatic heterocycles. The summed E-state index contributed by atoms with van der Waals surface area (Å²) in [5, 5.41) is 2.87. The Hall–Kier alpha value is -1.47. The molecule has 0 aliphatic rings. The second-order valence-corrected chi connectivity index (χ2v) is 6.05. The van der Waals surface area contributed by atoms with Gasteiger partial charge < -0.3 is 4.42 Å². The summed E-state index contributed by atoms with van der Waals surface area (Å²) < 4.78 is 6.01. The Labute approximate surface area is 111 Å². The number of hydrogen-bond acceptors (Lipinski definition) is 1. The van der Waals surface area contributed by atoms with E-state index in [1.165, 1.54) is 5.56 Å². The lowest BCUT2D eigenvalue weighted by Crippen LogP contribution is -2.11. The van der Waals surface area contributed by atoms with Crippen molar-refractivity contribution in [2.24, 2.45) is 0 Å². The first-order chi connectivity index (χ1) is 8.48. The lowest BCUT2D eigenvalue weighted by molar-refractivity contribution is 0.573. The van der Waals surface area contributed by atoms with Crippen molar-refractivity contribution in [3.8, 4) is 0 Å². The molecule has 0 saturated heterocycles. The molecule has 0 bridgehead atoms. The van der Waals surface area contributed by atoms with Crippen molar-refractivity contribution < 1.29 is 4.42 Å². The molecule has 0 saturated carbocycles. The van der Waals surface area contributed by atoms with Gasteiger partial charge in [-0.3, -0.25) is 0 Å². The SMILES string of the molecule is CC(C)(C)c1ccc(Cl)c2c1oc1ccccc12. The van der Waals surface area contributed by atoms with Gasteiger partial charge in [0.25, 0.3) is 0 Å². The Kier molecular flexibility index (Phi) is 2.43. The van der Waals surface area contributed by atoms with E-state index in [-0.39, 0.29) is 5.41 Å². The minimum atomic E-state index is 0.0384. The molecule has 2 aromatic carbocycles. The number of fused-ring (bicyclic) bond motifs is 3. The fraction of sp³-hybridized carbons (Fsp3) is 0.250. The van der Waals surface area contributed by atoms with E-state index in [9.17, 15) is 0 Å². The second kappa shape index (κ2) is 3.76. The molecule has 0 N–H and O–H groups in total. The number of halogens is 1.